The van der Waals surface area contributed by atoms with Crippen LogP contribution in [0.4, 0.5) is 11.6 Å². The first kappa shape index (κ1) is 24.4. The van der Waals surface area contributed by atoms with Crippen molar-refractivity contribution in [1.82, 2.24) is 28.8 Å². The molecule has 1 aliphatic carbocycles. The molecule has 0 amide bonds. The maximum Gasteiger partial charge on any atom is 0.278 e. The van der Waals surface area contributed by atoms with Crippen molar-refractivity contribution in [3.8, 4) is 5.69 Å². The van der Waals surface area contributed by atoms with Crippen LogP contribution in [0.2, 0.25) is 0 Å². The van der Waals surface area contributed by atoms with Crippen LogP contribution in [0.25, 0.3) is 16.7 Å². The molecule has 9 heteroatoms. The van der Waals surface area contributed by atoms with Crippen LogP contribution in [0.1, 0.15) is 44.7 Å². The Labute approximate surface area is 221 Å². The summed E-state index contributed by atoms with van der Waals surface area (Å²) in [5.74, 6) is 0.399. The van der Waals surface area contributed by atoms with Crippen LogP contribution in [0, 0.1) is 0 Å². The SMILES string of the molecule is C=CCn1c(=O)c2cnc(Nc3ccc4c(c3)CN(C)CC43CC3)nc2n1-c1ccc(=O)n(C(C)(C)C)c1. The van der Waals surface area contributed by atoms with Crippen LogP contribution >= 0.6 is 0 Å². The van der Waals surface area contributed by atoms with E-state index in [0.29, 0.717) is 28.1 Å². The Bertz CT molecular complexity index is 1700. The Hall–Kier alpha value is -3.98. The molecule has 6 rings (SSSR count). The van der Waals surface area contributed by atoms with Crippen molar-refractivity contribution in [2.24, 2.45) is 0 Å². The summed E-state index contributed by atoms with van der Waals surface area (Å²) in [5, 5.41) is 3.75. The molecule has 1 aromatic carbocycles. The van der Waals surface area contributed by atoms with Crippen molar-refractivity contribution >= 4 is 22.7 Å². The first-order chi connectivity index (χ1) is 18.1. The number of hydrogen-bond acceptors (Lipinski definition) is 6. The molecule has 1 aliphatic heterocycles. The summed E-state index contributed by atoms with van der Waals surface area (Å²) in [5.41, 5.74) is 4.39. The van der Waals surface area contributed by atoms with E-state index in [2.05, 4.69) is 47.0 Å². The van der Waals surface area contributed by atoms with Gasteiger partial charge in [-0.1, -0.05) is 12.1 Å². The molecule has 0 radical (unpaired) electrons. The molecule has 0 unspecified atom stereocenters. The second kappa shape index (κ2) is 8.52. The number of aromatic nitrogens is 5. The van der Waals surface area contributed by atoms with Gasteiger partial charge in [0.1, 0.15) is 5.39 Å². The van der Waals surface area contributed by atoms with Gasteiger partial charge in [-0.2, -0.15) is 4.98 Å². The average Bonchev–Trinajstić information content (AvgIpc) is 3.56. The second-order valence-corrected chi connectivity index (χ2v) is 11.6. The molecule has 1 saturated carbocycles. The summed E-state index contributed by atoms with van der Waals surface area (Å²) >= 11 is 0. The number of fused-ring (bicyclic) bond motifs is 3. The van der Waals surface area contributed by atoms with E-state index in [1.165, 1.54) is 30.0 Å². The highest BCUT2D eigenvalue weighted by atomic mass is 16.1. The topological polar surface area (TPSA) is 90.0 Å². The zero-order valence-electron chi connectivity index (χ0n) is 22.4. The molecule has 0 atom stereocenters. The van der Waals surface area contributed by atoms with Crippen molar-refractivity contribution in [2.45, 2.75) is 57.7 Å². The molecule has 1 fully saturated rings. The van der Waals surface area contributed by atoms with Crippen LogP contribution in [0.15, 0.2) is 65.0 Å². The lowest BCUT2D eigenvalue weighted by Gasteiger charge is -2.32. The number of allylic oxidation sites excluding steroid dienone is 1. The molecule has 1 N–H and O–H groups in total. The Morgan fingerprint density at radius 2 is 1.95 bits per heavy atom. The van der Waals surface area contributed by atoms with Gasteiger partial charge in [0.15, 0.2) is 5.65 Å². The number of nitrogens with one attached hydrogen (secondary N) is 1. The molecule has 38 heavy (non-hydrogen) atoms. The standard InChI is InChI=1S/C29H33N7O2/c1-6-13-35-26(38)22-15-30-27(31-20-7-9-23-19(14-20)16-33(5)18-29(23)11-12-29)32-25(22)36(35)21-8-10-24(37)34(17-21)28(2,3)4/h6-10,14-15,17H,1,11-13,16,18H2,2-5H3,(H,30,31,32). The van der Waals surface area contributed by atoms with Gasteiger partial charge in [-0.15, -0.1) is 6.58 Å². The highest BCUT2D eigenvalue weighted by Gasteiger charge is 2.48. The largest absolute Gasteiger partial charge is 0.324 e. The van der Waals surface area contributed by atoms with Crippen LogP contribution in [-0.2, 0) is 24.0 Å². The molecule has 0 saturated heterocycles. The summed E-state index contributed by atoms with van der Waals surface area (Å²) in [6, 6.07) is 9.75. The highest BCUT2D eigenvalue weighted by Crippen LogP contribution is 2.52. The van der Waals surface area contributed by atoms with E-state index in [-0.39, 0.29) is 17.7 Å². The van der Waals surface area contributed by atoms with Gasteiger partial charge in [0, 0.05) is 48.2 Å². The fourth-order valence-electron chi connectivity index (χ4n) is 5.74. The zero-order chi connectivity index (χ0) is 26.8. The fraction of sp³-hybridized carbons (Fsp3) is 0.379. The number of anilines is 2. The molecule has 3 aromatic heterocycles. The van der Waals surface area contributed by atoms with Gasteiger partial charge < -0.3 is 14.8 Å². The van der Waals surface area contributed by atoms with Crippen LogP contribution in [0.5, 0.6) is 0 Å². The summed E-state index contributed by atoms with van der Waals surface area (Å²) in [7, 11) is 2.18. The van der Waals surface area contributed by atoms with E-state index in [1.807, 2.05) is 20.8 Å². The first-order valence-corrected chi connectivity index (χ1v) is 13.0. The van der Waals surface area contributed by atoms with Gasteiger partial charge >= 0.3 is 0 Å². The van der Waals surface area contributed by atoms with Crippen LogP contribution in [0.3, 0.4) is 0 Å². The van der Waals surface area contributed by atoms with Crippen LogP contribution in [-0.4, -0.2) is 42.4 Å². The molecule has 9 nitrogen and oxygen atoms in total. The van der Waals surface area contributed by atoms with E-state index in [4.69, 9.17) is 4.98 Å². The number of hydrogen-bond donors (Lipinski definition) is 1. The number of likely N-dealkylation sites (N-methyl/N-ethyl adjacent to an activating group) is 1. The van der Waals surface area contributed by atoms with E-state index >= 15 is 0 Å². The number of benzene rings is 1. The fourth-order valence-corrected chi connectivity index (χ4v) is 5.74. The molecular formula is C29H33N7O2. The van der Waals surface area contributed by atoms with Gasteiger partial charge in [-0.3, -0.25) is 9.59 Å². The van der Waals surface area contributed by atoms with E-state index in [0.717, 1.165) is 18.8 Å². The van der Waals surface area contributed by atoms with Crippen molar-refractivity contribution < 1.29 is 0 Å². The molecule has 2 aliphatic rings. The first-order valence-electron chi connectivity index (χ1n) is 13.0. The normalized spacial score (nSPS) is 16.5. The molecule has 4 aromatic rings. The zero-order valence-corrected chi connectivity index (χ0v) is 22.4. The van der Waals surface area contributed by atoms with Gasteiger partial charge in [-0.05, 0) is 70.0 Å². The van der Waals surface area contributed by atoms with Crippen LogP contribution < -0.4 is 16.4 Å². The summed E-state index contributed by atoms with van der Waals surface area (Å²) < 4.78 is 4.97. The third-order valence-corrected chi connectivity index (χ3v) is 7.64. The summed E-state index contributed by atoms with van der Waals surface area (Å²) in [6.07, 6.45) is 7.50. The minimum Gasteiger partial charge on any atom is -0.324 e. The van der Waals surface area contributed by atoms with E-state index < -0.39 is 5.54 Å². The second-order valence-electron chi connectivity index (χ2n) is 11.6. The molecular weight excluding hydrogens is 478 g/mol. The third-order valence-electron chi connectivity index (χ3n) is 7.64. The lowest BCUT2D eigenvalue weighted by atomic mass is 9.87. The van der Waals surface area contributed by atoms with Crippen molar-refractivity contribution in [1.29, 1.82) is 0 Å². The lowest BCUT2D eigenvalue weighted by Crippen LogP contribution is -2.35. The lowest BCUT2D eigenvalue weighted by molar-refractivity contribution is 0.271. The van der Waals surface area contributed by atoms with Gasteiger partial charge in [-0.25, -0.2) is 14.3 Å². The summed E-state index contributed by atoms with van der Waals surface area (Å²) in [4.78, 5) is 37.5. The Morgan fingerprint density at radius 1 is 1.16 bits per heavy atom. The van der Waals surface area contributed by atoms with Crippen molar-refractivity contribution in [3.63, 3.8) is 0 Å². The molecule has 196 valence electrons. The monoisotopic (exact) mass is 511 g/mol. The maximum absolute atomic E-state index is 13.3. The van der Waals surface area contributed by atoms with Gasteiger partial charge in [0.05, 0.1) is 12.2 Å². The molecule has 1 spiro atoms. The number of nitrogens with zero attached hydrogens (tertiary/aromatic N) is 6. The van der Waals surface area contributed by atoms with Crippen molar-refractivity contribution in [3.05, 3.63) is 87.2 Å². The smallest absolute Gasteiger partial charge is 0.278 e. The number of rotatable bonds is 5. The maximum atomic E-state index is 13.3. The van der Waals surface area contributed by atoms with E-state index in [1.54, 1.807) is 38.5 Å². The number of pyridine rings is 1. The third kappa shape index (κ3) is 3.98. The van der Waals surface area contributed by atoms with Gasteiger partial charge in [0.25, 0.3) is 11.1 Å². The van der Waals surface area contributed by atoms with E-state index in [9.17, 15) is 9.59 Å². The summed E-state index contributed by atoms with van der Waals surface area (Å²) in [6.45, 7) is 12.0. The minimum absolute atomic E-state index is 0.113. The molecule has 0 bridgehead atoms. The highest BCUT2D eigenvalue weighted by molar-refractivity contribution is 5.77. The molecule has 4 heterocycles. The Morgan fingerprint density at radius 3 is 2.66 bits per heavy atom. The Kier molecular flexibility index (Phi) is 5.47. The predicted octanol–water partition coefficient (Wildman–Crippen LogP) is 3.91. The average molecular weight is 512 g/mol. The minimum atomic E-state index is -0.430. The predicted molar refractivity (Wildman–Crippen MR) is 150 cm³/mol. The quantitative estimate of drug-likeness (QED) is 0.409. The van der Waals surface area contributed by atoms with Crippen molar-refractivity contribution in [2.75, 3.05) is 18.9 Å². The van der Waals surface area contributed by atoms with Gasteiger partial charge in [0.2, 0.25) is 5.95 Å². The Balaban J connectivity index is 1.44.